The zero-order chi connectivity index (χ0) is 12.7. The summed E-state index contributed by atoms with van der Waals surface area (Å²) in [5.74, 6) is 2.14. The molecule has 0 aromatic carbocycles. The van der Waals surface area contributed by atoms with Crippen LogP contribution in [-0.4, -0.2) is 37.0 Å². The van der Waals surface area contributed by atoms with Gasteiger partial charge in [0, 0.05) is 24.4 Å². The van der Waals surface area contributed by atoms with Crippen molar-refractivity contribution in [3.8, 4) is 0 Å². The van der Waals surface area contributed by atoms with E-state index in [-0.39, 0.29) is 18.3 Å². The first-order valence-corrected chi connectivity index (χ1v) is 6.71. The van der Waals surface area contributed by atoms with Gasteiger partial charge in [-0.1, -0.05) is 5.16 Å². The van der Waals surface area contributed by atoms with Gasteiger partial charge in [0.1, 0.15) is 5.76 Å². The number of aryl methyl sites for hydroxylation is 2. The molecule has 0 unspecified atom stereocenters. The highest BCUT2D eigenvalue weighted by Gasteiger charge is 2.09. The van der Waals surface area contributed by atoms with Gasteiger partial charge in [-0.05, 0) is 20.9 Å². The van der Waals surface area contributed by atoms with Crippen LogP contribution in [-0.2, 0) is 10.5 Å². The number of halogens is 1. The van der Waals surface area contributed by atoms with Crippen LogP contribution in [0.5, 0.6) is 0 Å². The van der Waals surface area contributed by atoms with Crippen LogP contribution in [0.3, 0.4) is 0 Å². The number of nitrogens with one attached hydrogen (secondary N) is 2. The molecule has 104 valence electrons. The molecule has 0 aliphatic heterocycles. The maximum Gasteiger partial charge on any atom is 0.230 e. The Morgan fingerprint density at radius 3 is 2.67 bits per heavy atom. The minimum absolute atomic E-state index is 0. The third-order valence-electron chi connectivity index (χ3n) is 2.36. The molecule has 1 rings (SSSR count). The lowest BCUT2D eigenvalue weighted by molar-refractivity contribution is -0.118. The number of thioether (sulfide) groups is 1. The lowest BCUT2D eigenvalue weighted by Gasteiger charge is -2.04. The van der Waals surface area contributed by atoms with E-state index in [0.717, 1.165) is 29.3 Å². The molecule has 0 bridgehead atoms. The molecule has 0 atom stereocenters. The summed E-state index contributed by atoms with van der Waals surface area (Å²) in [7, 11) is 1.86. The van der Waals surface area contributed by atoms with Crippen LogP contribution in [0, 0.1) is 13.8 Å². The number of hydrogen-bond donors (Lipinski definition) is 2. The average Bonchev–Trinajstić information content (AvgIpc) is 2.61. The van der Waals surface area contributed by atoms with Crippen LogP contribution in [0.2, 0.25) is 0 Å². The Morgan fingerprint density at radius 1 is 1.39 bits per heavy atom. The summed E-state index contributed by atoms with van der Waals surface area (Å²) in [5, 5.41) is 9.68. The maximum atomic E-state index is 11.4. The van der Waals surface area contributed by atoms with Crippen molar-refractivity contribution in [1.29, 1.82) is 0 Å². The van der Waals surface area contributed by atoms with E-state index in [0.29, 0.717) is 12.3 Å². The number of amides is 1. The molecule has 0 spiro atoms. The Bertz CT molecular complexity index is 352. The Hall–Kier alpha value is -0.720. The van der Waals surface area contributed by atoms with E-state index >= 15 is 0 Å². The second kappa shape index (κ2) is 9.24. The molecule has 0 aliphatic rings. The normalized spacial score (nSPS) is 9.94. The van der Waals surface area contributed by atoms with Crippen molar-refractivity contribution >= 4 is 30.1 Å². The number of nitrogens with zero attached hydrogens (tertiary/aromatic N) is 1. The highest BCUT2D eigenvalue weighted by Crippen LogP contribution is 2.18. The summed E-state index contributed by atoms with van der Waals surface area (Å²) in [6, 6.07) is 0. The molecular formula is C11H20ClN3O2S. The minimum Gasteiger partial charge on any atom is -0.361 e. The van der Waals surface area contributed by atoms with Gasteiger partial charge in [-0.25, -0.2) is 0 Å². The molecule has 1 amide bonds. The summed E-state index contributed by atoms with van der Waals surface area (Å²) < 4.78 is 5.06. The lowest BCUT2D eigenvalue weighted by Crippen LogP contribution is -2.31. The summed E-state index contributed by atoms with van der Waals surface area (Å²) in [6.07, 6.45) is 0. The van der Waals surface area contributed by atoms with Crippen molar-refractivity contribution < 1.29 is 9.32 Å². The van der Waals surface area contributed by atoms with Crippen molar-refractivity contribution in [2.45, 2.75) is 19.6 Å². The van der Waals surface area contributed by atoms with E-state index < -0.39 is 0 Å². The Kier molecular flexibility index (Phi) is 8.87. The van der Waals surface area contributed by atoms with Gasteiger partial charge in [0.05, 0.1) is 11.4 Å². The van der Waals surface area contributed by atoms with Crippen molar-refractivity contribution in [3.05, 3.63) is 17.0 Å². The standard InChI is InChI=1S/C11H19N3O2S.ClH/c1-8-10(9(2)16-14-8)6-17-7-11(15)13-5-4-12-3;/h12H,4-7H2,1-3H3,(H,13,15);1H. The van der Waals surface area contributed by atoms with Crippen molar-refractivity contribution in [3.63, 3.8) is 0 Å². The number of rotatable bonds is 7. The van der Waals surface area contributed by atoms with Crippen LogP contribution >= 0.6 is 24.2 Å². The number of carbonyl (C=O) groups is 1. The Morgan fingerprint density at radius 2 is 2.11 bits per heavy atom. The molecule has 1 aromatic rings. The summed E-state index contributed by atoms with van der Waals surface area (Å²) in [6.45, 7) is 5.27. The molecule has 1 heterocycles. The summed E-state index contributed by atoms with van der Waals surface area (Å²) in [5.41, 5.74) is 2.00. The van der Waals surface area contributed by atoms with Gasteiger partial charge in [-0.15, -0.1) is 24.2 Å². The molecule has 5 nitrogen and oxygen atoms in total. The highest BCUT2D eigenvalue weighted by molar-refractivity contribution is 7.99. The van der Waals surface area contributed by atoms with Crippen LogP contribution in [0.1, 0.15) is 17.0 Å². The number of hydrogen-bond acceptors (Lipinski definition) is 5. The highest BCUT2D eigenvalue weighted by atomic mass is 35.5. The van der Waals surface area contributed by atoms with E-state index in [1.54, 1.807) is 11.8 Å². The molecule has 0 fully saturated rings. The molecule has 0 saturated carbocycles. The molecule has 1 aromatic heterocycles. The smallest absolute Gasteiger partial charge is 0.230 e. The quantitative estimate of drug-likeness (QED) is 0.742. The zero-order valence-corrected chi connectivity index (χ0v) is 12.5. The van der Waals surface area contributed by atoms with Crippen LogP contribution in [0.4, 0.5) is 0 Å². The molecule has 0 radical (unpaired) electrons. The molecule has 7 heteroatoms. The SMILES string of the molecule is CNCCNC(=O)CSCc1c(C)noc1C.Cl. The molecule has 0 aliphatic carbocycles. The van der Waals surface area contributed by atoms with Crippen molar-refractivity contribution in [2.24, 2.45) is 0 Å². The predicted octanol–water partition coefficient (Wildman–Crippen LogP) is 1.28. The first-order chi connectivity index (χ1) is 8.15. The van der Waals surface area contributed by atoms with E-state index in [1.165, 1.54) is 0 Å². The predicted molar refractivity (Wildman–Crippen MR) is 76.3 cm³/mol. The summed E-state index contributed by atoms with van der Waals surface area (Å²) in [4.78, 5) is 11.4. The van der Waals surface area contributed by atoms with E-state index in [1.807, 2.05) is 20.9 Å². The Balaban J connectivity index is 0.00000289. The third kappa shape index (κ3) is 5.75. The second-order valence-electron chi connectivity index (χ2n) is 3.75. The zero-order valence-electron chi connectivity index (χ0n) is 10.9. The molecule has 2 N–H and O–H groups in total. The minimum atomic E-state index is 0. The average molecular weight is 294 g/mol. The number of aromatic nitrogens is 1. The fourth-order valence-corrected chi connectivity index (χ4v) is 2.34. The van der Waals surface area contributed by atoms with E-state index in [9.17, 15) is 4.79 Å². The van der Waals surface area contributed by atoms with Gasteiger partial charge in [-0.2, -0.15) is 0 Å². The first kappa shape index (κ1) is 17.3. The fraction of sp³-hybridized carbons (Fsp3) is 0.636. The first-order valence-electron chi connectivity index (χ1n) is 5.56. The van der Waals surface area contributed by atoms with Gasteiger partial charge in [0.15, 0.2) is 0 Å². The topological polar surface area (TPSA) is 67.2 Å². The van der Waals surface area contributed by atoms with Crippen molar-refractivity contribution in [1.82, 2.24) is 15.8 Å². The maximum absolute atomic E-state index is 11.4. The number of carbonyl (C=O) groups excluding carboxylic acids is 1. The molecule has 0 saturated heterocycles. The van der Waals surface area contributed by atoms with Crippen LogP contribution < -0.4 is 10.6 Å². The monoisotopic (exact) mass is 293 g/mol. The lowest BCUT2D eigenvalue weighted by atomic mass is 10.2. The largest absolute Gasteiger partial charge is 0.361 e. The third-order valence-corrected chi connectivity index (χ3v) is 3.32. The van der Waals surface area contributed by atoms with E-state index in [2.05, 4.69) is 15.8 Å². The molecule has 18 heavy (non-hydrogen) atoms. The fourth-order valence-electron chi connectivity index (χ4n) is 1.33. The second-order valence-corrected chi connectivity index (χ2v) is 4.73. The molecular weight excluding hydrogens is 274 g/mol. The van der Waals surface area contributed by atoms with Gasteiger partial charge < -0.3 is 15.2 Å². The van der Waals surface area contributed by atoms with Gasteiger partial charge >= 0.3 is 0 Å². The van der Waals surface area contributed by atoms with Crippen LogP contribution in [0.15, 0.2) is 4.52 Å². The van der Waals surface area contributed by atoms with Gasteiger partial charge in [-0.3, -0.25) is 4.79 Å². The van der Waals surface area contributed by atoms with Crippen LogP contribution in [0.25, 0.3) is 0 Å². The van der Waals surface area contributed by atoms with E-state index in [4.69, 9.17) is 4.52 Å². The number of likely N-dealkylation sites (N-methyl/N-ethyl adjacent to an activating group) is 1. The Labute approximate surface area is 118 Å². The summed E-state index contributed by atoms with van der Waals surface area (Å²) >= 11 is 1.57. The van der Waals surface area contributed by atoms with Gasteiger partial charge in [0.25, 0.3) is 0 Å². The van der Waals surface area contributed by atoms with Gasteiger partial charge in [0.2, 0.25) is 5.91 Å². The van der Waals surface area contributed by atoms with Crippen molar-refractivity contribution in [2.75, 3.05) is 25.9 Å².